The minimum Gasteiger partial charge on any atom is -0.497 e. The largest absolute Gasteiger partial charge is 0.497 e. The van der Waals surface area contributed by atoms with E-state index in [9.17, 15) is 4.79 Å². The molecule has 0 saturated heterocycles. The molecule has 5 nitrogen and oxygen atoms in total. The van der Waals surface area contributed by atoms with Crippen LogP contribution in [0, 0.1) is 0 Å². The first kappa shape index (κ1) is 18.5. The Morgan fingerprint density at radius 3 is 2.59 bits per heavy atom. The number of anilines is 2. The second-order valence-electron chi connectivity index (χ2n) is 6.16. The summed E-state index contributed by atoms with van der Waals surface area (Å²) >= 11 is 0. The second kappa shape index (κ2) is 8.85. The summed E-state index contributed by atoms with van der Waals surface area (Å²) in [6.07, 6.45) is 2.56. The highest BCUT2D eigenvalue weighted by atomic mass is 16.5. The standard InChI is InChI=1S/C22H23N3O2/c1-25(19-8-4-3-5-9-19)22(26)21-12-11-18(16-24-21)23-14-13-17-7-6-10-20(15-17)27-2/h3-12,15-16,23H,13-14H2,1-2H3. The molecule has 5 heteroatoms. The summed E-state index contributed by atoms with van der Waals surface area (Å²) < 4.78 is 5.24. The molecule has 0 aliphatic heterocycles. The van der Waals surface area contributed by atoms with E-state index in [1.54, 1.807) is 31.3 Å². The molecule has 0 aliphatic rings. The van der Waals surface area contributed by atoms with Gasteiger partial charge in [0.25, 0.3) is 5.91 Å². The van der Waals surface area contributed by atoms with Gasteiger partial charge in [0.2, 0.25) is 0 Å². The molecule has 0 fully saturated rings. The Kier molecular flexibility index (Phi) is 6.05. The average Bonchev–Trinajstić information content (AvgIpc) is 2.74. The number of carbonyl (C=O) groups excluding carboxylic acids is 1. The van der Waals surface area contributed by atoms with Crippen LogP contribution in [0.3, 0.4) is 0 Å². The zero-order valence-corrected chi connectivity index (χ0v) is 15.6. The van der Waals surface area contributed by atoms with Gasteiger partial charge >= 0.3 is 0 Å². The molecule has 3 rings (SSSR count). The number of nitrogens with zero attached hydrogens (tertiary/aromatic N) is 2. The van der Waals surface area contributed by atoms with E-state index in [2.05, 4.69) is 16.4 Å². The van der Waals surface area contributed by atoms with Crippen molar-refractivity contribution >= 4 is 17.3 Å². The van der Waals surface area contributed by atoms with E-state index in [-0.39, 0.29) is 5.91 Å². The van der Waals surface area contributed by atoms with Gasteiger partial charge in [0, 0.05) is 19.3 Å². The zero-order chi connectivity index (χ0) is 19.1. The van der Waals surface area contributed by atoms with Gasteiger partial charge in [0.15, 0.2) is 0 Å². The number of pyridine rings is 1. The second-order valence-corrected chi connectivity index (χ2v) is 6.16. The van der Waals surface area contributed by atoms with Gasteiger partial charge < -0.3 is 15.0 Å². The number of hydrogen-bond acceptors (Lipinski definition) is 4. The first-order chi connectivity index (χ1) is 13.2. The quantitative estimate of drug-likeness (QED) is 0.690. The summed E-state index contributed by atoms with van der Waals surface area (Å²) in [4.78, 5) is 18.4. The van der Waals surface area contributed by atoms with Gasteiger partial charge in [-0.1, -0.05) is 30.3 Å². The number of benzene rings is 2. The highest BCUT2D eigenvalue weighted by Crippen LogP contribution is 2.16. The number of para-hydroxylation sites is 1. The minimum atomic E-state index is -0.135. The summed E-state index contributed by atoms with van der Waals surface area (Å²) in [7, 11) is 3.42. The highest BCUT2D eigenvalue weighted by Gasteiger charge is 2.14. The molecule has 1 N–H and O–H groups in total. The van der Waals surface area contributed by atoms with Gasteiger partial charge in [-0.25, -0.2) is 4.98 Å². The van der Waals surface area contributed by atoms with Crippen molar-refractivity contribution in [2.75, 3.05) is 30.9 Å². The first-order valence-corrected chi connectivity index (χ1v) is 8.83. The summed E-state index contributed by atoms with van der Waals surface area (Å²) in [6, 6.07) is 21.2. The van der Waals surface area contributed by atoms with E-state index in [1.807, 2.05) is 54.6 Å². The molecular weight excluding hydrogens is 338 g/mol. The molecule has 0 atom stereocenters. The number of hydrogen-bond donors (Lipinski definition) is 1. The Morgan fingerprint density at radius 2 is 1.89 bits per heavy atom. The van der Waals surface area contributed by atoms with Crippen LogP contribution >= 0.6 is 0 Å². The van der Waals surface area contributed by atoms with Crippen molar-refractivity contribution in [1.29, 1.82) is 0 Å². The van der Waals surface area contributed by atoms with Crippen LogP contribution in [0.4, 0.5) is 11.4 Å². The molecule has 0 spiro atoms. The first-order valence-electron chi connectivity index (χ1n) is 8.83. The molecule has 3 aromatic rings. The SMILES string of the molecule is COc1cccc(CCNc2ccc(C(=O)N(C)c3ccccc3)nc2)c1. The molecule has 1 amide bonds. The van der Waals surface area contributed by atoms with Crippen molar-refractivity contribution in [2.45, 2.75) is 6.42 Å². The maximum Gasteiger partial charge on any atom is 0.276 e. The predicted octanol–water partition coefficient (Wildman–Crippen LogP) is 4.02. The zero-order valence-electron chi connectivity index (χ0n) is 15.6. The Labute approximate surface area is 159 Å². The molecular formula is C22H23N3O2. The van der Waals surface area contributed by atoms with Crippen LogP contribution in [-0.4, -0.2) is 31.6 Å². The summed E-state index contributed by atoms with van der Waals surface area (Å²) in [5, 5.41) is 3.33. The maximum absolute atomic E-state index is 12.5. The van der Waals surface area contributed by atoms with Gasteiger partial charge in [-0.3, -0.25) is 4.79 Å². The number of ether oxygens (including phenoxy) is 1. The molecule has 1 heterocycles. The van der Waals surface area contributed by atoms with Crippen molar-refractivity contribution in [2.24, 2.45) is 0 Å². The fourth-order valence-corrected chi connectivity index (χ4v) is 2.74. The van der Waals surface area contributed by atoms with E-state index in [1.165, 1.54) is 5.56 Å². The number of amides is 1. The van der Waals surface area contributed by atoms with Crippen LogP contribution in [0.1, 0.15) is 16.1 Å². The topological polar surface area (TPSA) is 54.5 Å². The molecule has 0 unspecified atom stereocenters. The third-order valence-electron chi connectivity index (χ3n) is 4.31. The maximum atomic E-state index is 12.5. The van der Waals surface area contributed by atoms with Crippen molar-refractivity contribution in [1.82, 2.24) is 4.98 Å². The summed E-state index contributed by atoms with van der Waals surface area (Å²) in [6.45, 7) is 0.770. The van der Waals surface area contributed by atoms with E-state index in [0.717, 1.165) is 30.1 Å². The van der Waals surface area contributed by atoms with Crippen LogP contribution in [0.5, 0.6) is 5.75 Å². The predicted molar refractivity (Wildman–Crippen MR) is 109 cm³/mol. The lowest BCUT2D eigenvalue weighted by Gasteiger charge is -2.16. The van der Waals surface area contributed by atoms with Crippen molar-refractivity contribution < 1.29 is 9.53 Å². The van der Waals surface area contributed by atoms with Gasteiger partial charge in [-0.05, 0) is 48.4 Å². The molecule has 1 aromatic heterocycles. The van der Waals surface area contributed by atoms with Crippen LogP contribution < -0.4 is 15.0 Å². The number of aromatic nitrogens is 1. The van der Waals surface area contributed by atoms with Crippen molar-refractivity contribution in [3.8, 4) is 5.75 Å². The summed E-state index contributed by atoms with van der Waals surface area (Å²) in [5.41, 5.74) is 3.34. The van der Waals surface area contributed by atoms with E-state index < -0.39 is 0 Å². The highest BCUT2D eigenvalue weighted by molar-refractivity contribution is 6.04. The van der Waals surface area contributed by atoms with E-state index >= 15 is 0 Å². The van der Waals surface area contributed by atoms with Crippen LogP contribution in [-0.2, 0) is 6.42 Å². The van der Waals surface area contributed by atoms with Crippen molar-refractivity contribution in [3.63, 3.8) is 0 Å². The Bertz CT molecular complexity index is 880. The average molecular weight is 361 g/mol. The lowest BCUT2D eigenvalue weighted by Crippen LogP contribution is -2.26. The van der Waals surface area contributed by atoms with Gasteiger partial charge in [-0.2, -0.15) is 0 Å². The van der Waals surface area contributed by atoms with Crippen LogP contribution in [0.25, 0.3) is 0 Å². The molecule has 138 valence electrons. The molecule has 0 radical (unpaired) electrons. The monoisotopic (exact) mass is 361 g/mol. The molecule has 27 heavy (non-hydrogen) atoms. The van der Waals surface area contributed by atoms with Gasteiger partial charge in [0.05, 0.1) is 19.0 Å². The third kappa shape index (κ3) is 4.85. The van der Waals surface area contributed by atoms with E-state index in [0.29, 0.717) is 5.69 Å². The van der Waals surface area contributed by atoms with Crippen LogP contribution in [0.15, 0.2) is 72.9 Å². The number of methoxy groups -OCH3 is 1. The number of nitrogens with one attached hydrogen (secondary N) is 1. The van der Waals surface area contributed by atoms with Crippen molar-refractivity contribution in [3.05, 3.63) is 84.2 Å². The van der Waals surface area contributed by atoms with Gasteiger partial charge in [-0.15, -0.1) is 0 Å². The lowest BCUT2D eigenvalue weighted by atomic mass is 10.1. The van der Waals surface area contributed by atoms with Gasteiger partial charge in [0.1, 0.15) is 11.4 Å². The fourth-order valence-electron chi connectivity index (χ4n) is 2.74. The Morgan fingerprint density at radius 1 is 1.07 bits per heavy atom. The molecule has 2 aromatic carbocycles. The van der Waals surface area contributed by atoms with E-state index in [4.69, 9.17) is 4.74 Å². The smallest absolute Gasteiger partial charge is 0.276 e. The molecule has 0 saturated carbocycles. The Balaban J connectivity index is 1.56. The fraction of sp³-hybridized carbons (Fsp3) is 0.182. The minimum absolute atomic E-state index is 0.135. The lowest BCUT2D eigenvalue weighted by molar-refractivity contribution is 0.0988. The van der Waals surface area contributed by atoms with Crippen LogP contribution in [0.2, 0.25) is 0 Å². The normalized spacial score (nSPS) is 10.3. The summed E-state index contributed by atoms with van der Waals surface area (Å²) in [5.74, 6) is 0.726. The molecule has 0 bridgehead atoms. The molecule has 0 aliphatic carbocycles. The number of carbonyl (C=O) groups is 1. The third-order valence-corrected chi connectivity index (χ3v) is 4.31. The number of rotatable bonds is 7. The Hall–Kier alpha value is -3.34.